The Morgan fingerprint density at radius 1 is 1.06 bits per heavy atom. The minimum atomic E-state index is -0.996. The lowest BCUT2D eigenvalue weighted by atomic mass is 10.1. The Morgan fingerprint density at radius 2 is 1.82 bits per heavy atom. The Kier molecular flexibility index (Phi) is 6.41. The number of aryl methyl sites for hydroxylation is 2. The average molecular weight is 481 g/mol. The second-order valence-corrected chi connectivity index (χ2v) is 9.98. The number of guanidine groups is 1. The molecular weight excluding hydrogens is 452 g/mol. The molecule has 34 heavy (non-hydrogen) atoms. The van der Waals surface area contributed by atoms with Gasteiger partial charge >= 0.3 is 0 Å². The number of hydrogen-bond donors (Lipinski definition) is 5. The van der Waals surface area contributed by atoms with Crippen LogP contribution in [0.5, 0.6) is 0 Å². The van der Waals surface area contributed by atoms with Crippen molar-refractivity contribution in [1.29, 1.82) is 0 Å². The van der Waals surface area contributed by atoms with Crippen molar-refractivity contribution < 1.29 is 15.3 Å². The number of aliphatic imine (C=N–C) groups is 2. The second kappa shape index (κ2) is 9.47. The lowest BCUT2D eigenvalue weighted by Gasteiger charge is -2.29. The minimum Gasteiger partial charge on any atom is -0.396 e. The van der Waals surface area contributed by atoms with E-state index in [0.29, 0.717) is 12.4 Å². The van der Waals surface area contributed by atoms with Crippen LogP contribution in [0.15, 0.2) is 46.4 Å². The van der Waals surface area contributed by atoms with Crippen molar-refractivity contribution in [3.8, 4) is 0 Å². The smallest absolute Gasteiger partial charge is 0.223 e. The number of aliphatic hydroxyl groups is 3. The molecule has 5 N–H and O–H groups in total. The lowest BCUT2D eigenvalue weighted by Crippen LogP contribution is -2.48. The number of nitrogens with zero attached hydrogens (tertiary/aromatic N) is 4. The van der Waals surface area contributed by atoms with Crippen molar-refractivity contribution in [2.75, 3.05) is 11.9 Å². The van der Waals surface area contributed by atoms with Gasteiger partial charge < -0.3 is 20.6 Å². The third-order valence-corrected chi connectivity index (χ3v) is 7.45. The number of para-hydroxylation sites is 1. The molecule has 0 bridgehead atoms. The van der Waals surface area contributed by atoms with Gasteiger partial charge in [0.2, 0.25) is 5.96 Å². The largest absolute Gasteiger partial charge is 0.396 e. The third kappa shape index (κ3) is 4.59. The van der Waals surface area contributed by atoms with E-state index in [1.165, 1.54) is 0 Å². The molecule has 1 saturated carbocycles. The predicted octanol–water partition coefficient (Wildman–Crippen LogP) is 1.96. The number of nitrogens with one attached hydrogen (secondary N) is 2. The standard InChI is InChI=1S/C24H28N6O3S/c1-12-7-15(8-13(2)26-12)27-24-25-10-16(23-29-17-5-3-4-6-19(17)34-23)22(30-24)28-18-9-14(11-31)20(32)21(18)33/h3-8,10,14,16,18,20-22,28,31-33H,9,11H2,1-2H3,(H,26,27,30)/t14-,16?,18-,20-,21+,22?/m1/s1. The zero-order chi connectivity index (χ0) is 23.8. The van der Waals surface area contributed by atoms with Gasteiger partial charge in [-0.2, -0.15) is 0 Å². The van der Waals surface area contributed by atoms with Crippen LogP contribution in [0.25, 0.3) is 10.2 Å². The van der Waals surface area contributed by atoms with Gasteiger partial charge in [-0.25, -0.2) is 15.0 Å². The van der Waals surface area contributed by atoms with Gasteiger partial charge in [0.15, 0.2) is 0 Å². The molecule has 6 atom stereocenters. The summed E-state index contributed by atoms with van der Waals surface area (Å²) in [5, 5.41) is 38.0. The molecule has 2 aliphatic rings. The zero-order valence-electron chi connectivity index (χ0n) is 19.0. The first-order chi connectivity index (χ1) is 16.4. The summed E-state index contributed by atoms with van der Waals surface area (Å²) in [5.41, 5.74) is 3.54. The van der Waals surface area contributed by atoms with Crippen molar-refractivity contribution in [1.82, 2.24) is 15.3 Å². The molecule has 0 spiro atoms. The molecule has 0 amide bonds. The molecular formula is C24H28N6O3S. The summed E-state index contributed by atoms with van der Waals surface area (Å²) in [4.78, 5) is 18.6. The van der Waals surface area contributed by atoms with Crippen LogP contribution < -0.4 is 10.6 Å². The highest BCUT2D eigenvalue weighted by molar-refractivity contribution is 7.18. The summed E-state index contributed by atoms with van der Waals surface area (Å²) in [6, 6.07) is 11.4. The van der Waals surface area contributed by atoms with Gasteiger partial charge in [-0.3, -0.25) is 10.3 Å². The summed E-state index contributed by atoms with van der Waals surface area (Å²) >= 11 is 1.59. The number of anilines is 1. The van der Waals surface area contributed by atoms with E-state index >= 15 is 0 Å². The Bertz CT molecular complexity index is 1190. The topological polar surface area (TPSA) is 135 Å². The molecule has 1 fully saturated rings. The second-order valence-electron chi connectivity index (χ2n) is 8.92. The van der Waals surface area contributed by atoms with Crippen LogP contribution in [-0.4, -0.2) is 68.5 Å². The highest BCUT2D eigenvalue weighted by Gasteiger charge is 2.43. The first-order valence-corrected chi connectivity index (χ1v) is 12.2. The van der Waals surface area contributed by atoms with Crippen LogP contribution in [-0.2, 0) is 0 Å². The lowest BCUT2D eigenvalue weighted by molar-refractivity contribution is -0.00121. The molecule has 1 aliphatic carbocycles. The Hall–Kier alpha value is -2.76. The molecule has 0 saturated heterocycles. The number of fused-ring (bicyclic) bond motifs is 1. The molecule has 3 aromatic rings. The van der Waals surface area contributed by atoms with Gasteiger partial charge in [0.1, 0.15) is 11.2 Å². The maximum atomic E-state index is 10.6. The summed E-state index contributed by atoms with van der Waals surface area (Å²) < 4.78 is 1.08. The number of aromatic nitrogens is 2. The molecule has 3 heterocycles. The molecule has 1 aliphatic heterocycles. The van der Waals surface area contributed by atoms with Crippen LogP contribution in [0, 0.1) is 19.8 Å². The number of hydrogen-bond acceptors (Lipinski definition) is 10. The van der Waals surface area contributed by atoms with Crippen LogP contribution in [0.2, 0.25) is 0 Å². The van der Waals surface area contributed by atoms with E-state index in [4.69, 9.17) is 9.98 Å². The van der Waals surface area contributed by atoms with Gasteiger partial charge in [-0.05, 0) is 44.5 Å². The van der Waals surface area contributed by atoms with E-state index in [2.05, 4.69) is 20.6 Å². The number of thiazole rings is 1. The van der Waals surface area contributed by atoms with Crippen LogP contribution in [0.4, 0.5) is 5.69 Å². The van der Waals surface area contributed by atoms with Crippen LogP contribution >= 0.6 is 11.3 Å². The zero-order valence-corrected chi connectivity index (χ0v) is 19.8. The summed E-state index contributed by atoms with van der Waals surface area (Å²) in [7, 11) is 0. The fourth-order valence-electron chi connectivity index (χ4n) is 4.64. The van der Waals surface area contributed by atoms with Gasteiger partial charge in [0, 0.05) is 41.9 Å². The van der Waals surface area contributed by atoms with Gasteiger partial charge in [0.05, 0.1) is 28.3 Å². The van der Waals surface area contributed by atoms with E-state index in [1.54, 1.807) is 11.3 Å². The first kappa shape index (κ1) is 23.0. The van der Waals surface area contributed by atoms with Gasteiger partial charge in [-0.1, -0.05) is 12.1 Å². The fraction of sp³-hybridized carbons (Fsp3) is 0.417. The highest BCUT2D eigenvalue weighted by Crippen LogP contribution is 2.33. The maximum absolute atomic E-state index is 10.6. The summed E-state index contributed by atoms with van der Waals surface area (Å²) in [6.07, 6.45) is -0.171. The molecule has 1 aromatic carbocycles. The van der Waals surface area contributed by atoms with Gasteiger partial charge in [0.25, 0.3) is 0 Å². The molecule has 9 nitrogen and oxygen atoms in total. The Balaban J connectivity index is 1.44. The molecule has 5 rings (SSSR count). The summed E-state index contributed by atoms with van der Waals surface area (Å²) in [6.45, 7) is 3.69. The molecule has 2 unspecified atom stereocenters. The highest BCUT2D eigenvalue weighted by atomic mass is 32.1. The average Bonchev–Trinajstić information content (AvgIpc) is 3.35. The fourth-order valence-corrected chi connectivity index (χ4v) is 5.70. The summed E-state index contributed by atoms with van der Waals surface area (Å²) in [5.74, 6) is -0.192. The number of aliphatic hydroxyl groups excluding tert-OH is 3. The SMILES string of the molecule is Cc1cc(NC2=NC(N[C@@H]3C[C@H](CO)[C@@H](O)[C@H]3O)C(c3nc4ccccc4s3)C=N2)cc(C)n1. The minimum absolute atomic E-state index is 0.180. The molecule has 10 heteroatoms. The quantitative estimate of drug-likeness (QED) is 0.377. The van der Waals surface area contributed by atoms with E-state index in [-0.39, 0.29) is 18.4 Å². The Labute approximate surface area is 201 Å². The Morgan fingerprint density at radius 3 is 2.53 bits per heavy atom. The maximum Gasteiger partial charge on any atom is 0.223 e. The van der Waals surface area contributed by atoms with Crippen molar-refractivity contribution in [3.63, 3.8) is 0 Å². The molecule has 2 aromatic heterocycles. The van der Waals surface area contributed by atoms with Crippen molar-refractivity contribution in [2.45, 2.75) is 50.6 Å². The first-order valence-electron chi connectivity index (χ1n) is 11.3. The van der Waals surface area contributed by atoms with E-state index in [0.717, 1.165) is 32.3 Å². The number of benzene rings is 1. The van der Waals surface area contributed by atoms with Crippen molar-refractivity contribution in [3.05, 3.63) is 52.8 Å². The van der Waals surface area contributed by atoms with Gasteiger partial charge in [-0.15, -0.1) is 11.3 Å². The van der Waals surface area contributed by atoms with E-state index < -0.39 is 24.4 Å². The van der Waals surface area contributed by atoms with E-state index in [9.17, 15) is 15.3 Å². The van der Waals surface area contributed by atoms with E-state index in [1.807, 2.05) is 56.5 Å². The molecule has 0 radical (unpaired) electrons. The van der Waals surface area contributed by atoms with Crippen LogP contribution in [0.3, 0.4) is 0 Å². The molecule has 178 valence electrons. The monoisotopic (exact) mass is 480 g/mol. The van der Waals surface area contributed by atoms with Crippen LogP contribution in [0.1, 0.15) is 28.7 Å². The van der Waals surface area contributed by atoms with Crippen molar-refractivity contribution in [2.24, 2.45) is 15.9 Å². The van der Waals surface area contributed by atoms with Crippen molar-refractivity contribution >= 4 is 39.4 Å². The normalized spacial score (nSPS) is 28.9. The number of pyridine rings is 1. The number of rotatable bonds is 5. The third-order valence-electron chi connectivity index (χ3n) is 6.31. The predicted molar refractivity (Wildman–Crippen MR) is 134 cm³/mol.